The van der Waals surface area contributed by atoms with Gasteiger partial charge in [0.25, 0.3) is 11.8 Å². The Morgan fingerprint density at radius 1 is 1.00 bits per heavy atom. The Balaban J connectivity index is 1.79. The normalized spacial score (nSPS) is 10.5. The lowest BCUT2D eigenvalue weighted by atomic mass is 10.1. The van der Waals surface area contributed by atoms with Crippen LogP contribution in [0.1, 0.15) is 31.2 Å². The molecule has 1 aromatic heterocycles. The number of esters is 1. The van der Waals surface area contributed by atoms with E-state index in [1.54, 1.807) is 49.4 Å². The Bertz CT molecular complexity index is 1210. The van der Waals surface area contributed by atoms with Gasteiger partial charge in [0.15, 0.2) is 6.61 Å². The predicted molar refractivity (Wildman–Crippen MR) is 130 cm³/mol. The maximum atomic E-state index is 12.9. The molecular weight excluding hydrogens is 487 g/mol. The third-order valence-corrected chi connectivity index (χ3v) is 6.47. The minimum atomic E-state index is -0.671. The van der Waals surface area contributed by atoms with Crippen molar-refractivity contribution in [3.8, 4) is 5.75 Å². The molecule has 2 aromatic carbocycles. The van der Waals surface area contributed by atoms with Gasteiger partial charge in [0.05, 0.1) is 17.6 Å². The SMILES string of the molecule is COC(=O)c1c(NC(=O)COc2ccc(Cl)cc2)sc(C(=O)Nc2ccc(C)c(Cl)c2)c1C. The highest BCUT2D eigenvalue weighted by Crippen LogP contribution is 2.34. The molecule has 0 aliphatic carbocycles. The number of thiophene rings is 1. The second-order valence-corrected chi connectivity index (χ2v) is 8.83. The number of ether oxygens (including phenoxy) is 2. The first-order valence-electron chi connectivity index (χ1n) is 9.67. The van der Waals surface area contributed by atoms with E-state index >= 15 is 0 Å². The van der Waals surface area contributed by atoms with E-state index in [9.17, 15) is 14.4 Å². The van der Waals surface area contributed by atoms with Crippen molar-refractivity contribution in [1.82, 2.24) is 0 Å². The maximum absolute atomic E-state index is 12.9. The average Bonchev–Trinajstić information content (AvgIpc) is 3.11. The standard InChI is InChI=1S/C23H20Cl2N2O5S/c1-12-4-7-15(10-17(12)25)26-21(29)20-13(2)19(23(30)31-3)22(33-20)27-18(28)11-32-16-8-5-14(24)6-9-16/h4-10H,11H2,1-3H3,(H,26,29)(H,27,28). The van der Waals surface area contributed by atoms with Crippen LogP contribution in [0.4, 0.5) is 10.7 Å². The molecule has 1 heterocycles. The number of halogens is 2. The van der Waals surface area contributed by atoms with Gasteiger partial charge in [-0.2, -0.15) is 0 Å². The van der Waals surface area contributed by atoms with Gasteiger partial charge in [0.2, 0.25) is 0 Å². The summed E-state index contributed by atoms with van der Waals surface area (Å²) in [5.41, 5.74) is 1.87. The highest BCUT2D eigenvalue weighted by molar-refractivity contribution is 7.19. The van der Waals surface area contributed by atoms with Crippen LogP contribution in [-0.4, -0.2) is 31.5 Å². The molecule has 0 radical (unpaired) electrons. The van der Waals surface area contributed by atoms with E-state index in [1.807, 2.05) is 6.92 Å². The largest absolute Gasteiger partial charge is 0.484 e. The number of hydrogen-bond acceptors (Lipinski definition) is 6. The highest BCUT2D eigenvalue weighted by Gasteiger charge is 2.26. The number of amides is 2. The fraction of sp³-hybridized carbons (Fsp3) is 0.174. The molecule has 3 rings (SSSR count). The number of carbonyl (C=O) groups excluding carboxylic acids is 3. The molecule has 10 heteroatoms. The van der Waals surface area contributed by atoms with E-state index in [2.05, 4.69) is 10.6 Å². The molecule has 2 N–H and O–H groups in total. The molecular formula is C23H20Cl2N2O5S. The van der Waals surface area contributed by atoms with Gasteiger partial charge in [-0.3, -0.25) is 9.59 Å². The van der Waals surface area contributed by atoms with E-state index in [0.29, 0.717) is 27.0 Å². The topological polar surface area (TPSA) is 93.7 Å². The molecule has 0 spiro atoms. The van der Waals surface area contributed by atoms with Crippen LogP contribution in [0, 0.1) is 13.8 Å². The average molecular weight is 507 g/mol. The first-order valence-corrected chi connectivity index (χ1v) is 11.2. The zero-order valence-electron chi connectivity index (χ0n) is 18.0. The van der Waals surface area contributed by atoms with E-state index in [4.69, 9.17) is 32.7 Å². The van der Waals surface area contributed by atoms with Crippen LogP contribution < -0.4 is 15.4 Å². The maximum Gasteiger partial charge on any atom is 0.341 e. The molecule has 33 heavy (non-hydrogen) atoms. The molecule has 0 unspecified atom stereocenters. The van der Waals surface area contributed by atoms with Gasteiger partial charge >= 0.3 is 5.97 Å². The summed E-state index contributed by atoms with van der Waals surface area (Å²) in [6.07, 6.45) is 0. The van der Waals surface area contributed by atoms with Crippen molar-refractivity contribution in [1.29, 1.82) is 0 Å². The second kappa shape index (κ2) is 10.7. The van der Waals surface area contributed by atoms with Crippen LogP contribution in [0.15, 0.2) is 42.5 Å². The van der Waals surface area contributed by atoms with Gasteiger partial charge in [-0.1, -0.05) is 29.3 Å². The summed E-state index contributed by atoms with van der Waals surface area (Å²) in [5.74, 6) is -1.16. The molecule has 0 atom stereocenters. The van der Waals surface area contributed by atoms with Gasteiger partial charge in [0.1, 0.15) is 10.8 Å². The number of rotatable bonds is 7. The minimum absolute atomic E-state index is 0.106. The summed E-state index contributed by atoms with van der Waals surface area (Å²) < 4.78 is 10.3. The zero-order chi connectivity index (χ0) is 24.1. The number of anilines is 2. The molecule has 0 aliphatic rings. The van der Waals surface area contributed by atoms with Crippen LogP contribution in [-0.2, 0) is 9.53 Å². The Kier molecular flexibility index (Phi) is 7.97. The smallest absolute Gasteiger partial charge is 0.341 e. The molecule has 0 aliphatic heterocycles. The van der Waals surface area contributed by atoms with Crippen LogP contribution in [0.2, 0.25) is 10.0 Å². The lowest BCUT2D eigenvalue weighted by Crippen LogP contribution is -2.21. The highest BCUT2D eigenvalue weighted by atomic mass is 35.5. The number of hydrogen-bond donors (Lipinski definition) is 2. The van der Waals surface area contributed by atoms with E-state index in [-0.39, 0.29) is 22.0 Å². The Labute approximate surface area is 204 Å². The molecule has 172 valence electrons. The van der Waals surface area contributed by atoms with E-state index in [1.165, 1.54) is 7.11 Å². The third-order valence-electron chi connectivity index (χ3n) is 4.61. The quantitative estimate of drug-likeness (QED) is 0.399. The molecule has 0 saturated carbocycles. The van der Waals surface area contributed by atoms with Gasteiger partial charge < -0.3 is 20.1 Å². The number of methoxy groups -OCH3 is 1. The van der Waals surface area contributed by atoms with Crippen molar-refractivity contribution in [3.63, 3.8) is 0 Å². The van der Waals surface area contributed by atoms with Crippen molar-refractivity contribution in [2.75, 3.05) is 24.4 Å². The first kappa shape index (κ1) is 24.6. The van der Waals surface area contributed by atoms with Crippen molar-refractivity contribution >= 4 is 63.0 Å². The summed E-state index contributed by atoms with van der Waals surface area (Å²) >= 11 is 12.9. The molecule has 3 aromatic rings. The Hall–Kier alpha value is -3.07. The molecule has 0 fully saturated rings. The van der Waals surface area contributed by atoms with Crippen molar-refractivity contribution in [2.45, 2.75) is 13.8 Å². The van der Waals surface area contributed by atoms with Crippen LogP contribution >= 0.6 is 34.5 Å². The van der Waals surface area contributed by atoms with Gasteiger partial charge in [-0.05, 0) is 61.4 Å². The summed E-state index contributed by atoms with van der Waals surface area (Å²) in [6, 6.07) is 11.7. The van der Waals surface area contributed by atoms with Crippen LogP contribution in [0.3, 0.4) is 0 Å². The van der Waals surface area contributed by atoms with Crippen molar-refractivity contribution in [3.05, 3.63) is 74.1 Å². The number of nitrogens with one attached hydrogen (secondary N) is 2. The summed E-state index contributed by atoms with van der Waals surface area (Å²) in [5, 5.41) is 6.63. The van der Waals surface area contributed by atoms with E-state index in [0.717, 1.165) is 16.9 Å². The predicted octanol–water partition coefficient (Wildman–Crippen LogP) is 5.73. The zero-order valence-corrected chi connectivity index (χ0v) is 20.3. The Morgan fingerprint density at radius 3 is 2.33 bits per heavy atom. The van der Waals surface area contributed by atoms with Crippen molar-refractivity contribution in [2.24, 2.45) is 0 Å². The van der Waals surface area contributed by atoms with Crippen molar-refractivity contribution < 1.29 is 23.9 Å². The van der Waals surface area contributed by atoms with Gasteiger partial charge in [-0.25, -0.2) is 4.79 Å². The van der Waals surface area contributed by atoms with Gasteiger partial charge in [-0.15, -0.1) is 11.3 Å². The number of carbonyl (C=O) groups is 3. The minimum Gasteiger partial charge on any atom is -0.484 e. The third kappa shape index (κ3) is 6.04. The van der Waals surface area contributed by atoms with Crippen LogP contribution in [0.25, 0.3) is 0 Å². The Morgan fingerprint density at radius 2 is 1.70 bits per heavy atom. The fourth-order valence-electron chi connectivity index (χ4n) is 2.87. The van der Waals surface area contributed by atoms with Gasteiger partial charge in [0, 0.05) is 15.7 Å². The molecule has 2 amide bonds. The monoisotopic (exact) mass is 506 g/mol. The first-order chi connectivity index (χ1) is 15.7. The van der Waals surface area contributed by atoms with Crippen LogP contribution in [0.5, 0.6) is 5.75 Å². The summed E-state index contributed by atoms with van der Waals surface area (Å²) in [7, 11) is 1.22. The summed E-state index contributed by atoms with van der Waals surface area (Å²) in [4.78, 5) is 37.9. The lowest BCUT2D eigenvalue weighted by molar-refractivity contribution is -0.118. The molecule has 0 bridgehead atoms. The molecule has 7 nitrogen and oxygen atoms in total. The molecule has 0 saturated heterocycles. The number of aryl methyl sites for hydroxylation is 1. The lowest BCUT2D eigenvalue weighted by Gasteiger charge is -2.08. The second-order valence-electron chi connectivity index (χ2n) is 6.96. The fourth-order valence-corrected chi connectivity index (χ4v) is 4.28. The number of benzene rings is 2. The summed E-state index contributed by atoms with van der Waals surface area (Å²) in [6.45, 7) is 3.16. The van der Waals surface area contributed by atoms with E-state index < -0.39 is 17.8 Å².